The Balaban J connectivity index is 0.000000136. The Kier molecular flexibility index (Phi) is 3.84. The third kappa shape index (κ3) is 2.93. The molecule has 114 valence electrons. The van der Waals surface area contributed by atoms with Gasteiger partial charge < -0.3 is 15.0 Å². The lowest BCUT2D eigenvalue weighted by molar-refractivity contribution is 1.29. The molecule has 0 spiro atoms. The van der Waals surface area contributed by atoms with E-state index in [-0.39, 0.29) is 16.3 Å². The Labute approximate surface area is 128 Å². The standard InChI is InChI=1S/C8H6N2O2.C8H6N2O/c11-5-1-3-9-8-6(12)2-4-10-7(5)8;11-7-3-5-9-6-2-1-4-10-8(6)7/h1-4H,(H,9,11)(H,10,12);1-5H,(H,9,11). The van der Waals surface area contributed by atoms with E-state index in [0.29, 0.717) is 16.6 Å². The lowest BCUT2D eigenvalue weighted by Gasteiger charge is -1.93. The minimum atomic E-state index is -0.179. The van der Waals surface area contributed by atoms with Crippen LogP contribution in [0.2, 0.25) is 0 Å². The molecule has 4 heterocycles. The number of fused-ring (bicyclic) bond motifs is 2. The SMILES string of the molecule is O=c1cc[nH]c2c(=O)cc[nH]c12.O=c1cc[nH]c2cccnc12. The number of aromatic amines is 3. The molecule has 0 aliphatic carbocycles. The average molecular weight is 308 g/mol. The molecule has 0 unspecified atom stereocenters. The Morgan fingerprint density at radius 3 is 1.87 bits per heavy atom. The van der Waals surface area contributed by atoms with E-state index < -0.39 is 0 Å². The topological polar surface area (TPSA) is 111 Å². The van der Waals surface area contributed by atoms with Crippen LogP contribution in [0.4, 0.5) is 0 Å². The van der Waals surface area contributed by atoms with Crippen LogP contribution in [-0.2, 0) is 0 Å². The van der Waals surface area contributed by atoms with Gasteiger partial charge >= 0.3 is 0 Å². The summed E-state index contributed by atoms with van der Waals surface area (Å²) in [6.07, 6.45) is 6.14. The van der Waals surface area contributed by atoms with Gasteiger partial charge in [0, 0.05) is 43.0 Å². The highest BCUT2D eigenvalue weighted by Gasteiger charge is 1.99. The van der Waals surface area contributed by atoms with Crippen molar-refractivity contribution in [1.82, 2.24) is 19.9 Å². The number of H-pyrrole nitrogens is 3. The molecule has 3 N–H and O–H groups in total. The van der Waals surface area contributed by atoms with Crippen LogP contribution in [0.1, 0.15) is 0 Å². The minimum Gasteiger partial charge on any atom is -0.360 e. The van der Waals surface area contributed by atoms with Crippen LogP contribution >= 0.6 is 0 Å². The number of nitrogens with zero attached hydrogens (tertiary/aromatic N) is 1. The van der Waals surface area contributed by atoms with Gasteiger partial charge in [-0.25, -0.2) is 0 Å². The van der Waals surface area contributed by atoms with Crippen molar-refractivity contribution in [3.63, 3.8) is 0 Å². The fraction of sp³-hybridized carbons (Fsp3) is 0. The predicted octanol–water partition coefficient (Wildman–Crippen LogP) is 1.14. The molecule has 4 rings (SSSR count). The monoisotopic (exact) mass is 308 g/mol. The number of aromatic nitrogens is 4. The van der Waals surface area contributed by atoms with Crippen LogP contribution in [0.5, 0.6) is 0 Å². The summed E-state index contributed by atoms with van der Waals surface area (Å²) in [5.74, 6) is 0. The Morgan fingerprint density at radius 1 is 0.696 bits per heavy atom. The summed E-state index contributed by atoms with van der Waals surface area (Å²) in [7, 11) is 0. The molecule has 7 nitrogen and oxygen atoms in total. The molecule has 0 saturated heterocycles. The summed E-state index contributed by atoms with van der Waals surface area (Å²) in [6.45, 7) is 0. The number of hydrogen-bond donors (Lipinski definition) is 3. The van der Waals surface area contributed by atoms with Crippen molar-refractivity contribution in [3.05, 3.63) is 85.8 Å². The Bertz CT molecular complexity index is 1090. The van der Waals surface area contributed by atoms with E-state index in [1.165, 1.54) is 30.6 Å². The van der Waals surface area contributed by atoms with Crippen molar-refractivity contribution in [2.75, 3.05) is 0 Å². The lowest BCUT2D eigenvalue weighted by atomic mass is 10.3. The van der Waals surface area contributed by atoms with E-state index in [1.807, 2.05) is 6.07 Å². The van der Waals surface area contributed by atoms with E-state index in [2.05, 4.69) is 19.9 Å². The number of rotatable bonds is 0. The molecular weight excluding hydrogens is 296 g/mol. The van der Waals surface area contributed by atoms with E-state index >= 15 is 0 Å². The molecular formula is C16H12N4O3. The minimum absolute atomic E-state index is 0.0423. The fourth-order valence-corrected chi connectivity index (χ4v) is 2.11. The number of pyridine rings is 4. The summed E-state index contributed by atoms with van der Waals surface area (Å²) in [4.78, 5) is 45.7. The lowest BCUT2D eigenvalue weighted by Crippen LogP contribution is -2.10. The molecule has 0 atom stereocenters. The van der Waals surface area contributed by atoms with Gasteiger partial charge in [-0.1, -0.05) is 0 Å². The third-order valence-corrected chi connectivity index (χ3v) is 3.18. The first-order valence-corrected chi connectivity index (χ1v) is 6.78. The number of nitrogens with one attached hydrogen (secondary N) is 3. The van der Waals surface area contributed by atoms with Crippen molar-refractivity contribution in [2.24, 2.45) is 0 Å². The zero-order valence-electron chi connectivity index (χ0n) is 11.9. The van der Waals surface area contributed by atoms with E-state index in [9.17, 15) is 14.4 Å². The maximum atomic E-state index is 11.1. The first-order chi connectivity index (χ1) is 11.2. The second-order valence-electron chi connectivity index (χ2n) is 4.68. The van der Waals surface area contributed by atoms with Crippen molar-refractivity contribution < 1.29 is 0 Å². The average Bonchev–Trinajstić information content (AvgIpc) is 2.57. The van der Waals surface area contributed by atoms with Crippen molar-refractivity contribution in [2.45, 2.75) is 0 Å². The molecule has 0 saturated carbocycles. The van der Waals surface area contributed by atoms with Gasteiger partial charge in [0.15, 0.2) is 0 Å². The molecule has 0 amide bonds. The Hall–Kier alpha value is -3.48. The molecule has 4 aromatic heterocycles. The summed E-state index contributed by atoms with van der Waals surface area (Å²) in [5, 5.41) is 0. The van der Waals surface area contributed by atoms with E-state index in [4.69, 9.17) is 0 Å². The maximum Gasteiger partial charge on any atom is 0.207 e. The van der Waals surface area contributed by atoms with Gasteiger partial charge in [-0.15, -0.1) is 0 Å². The molecule has 0 fully saturated rings. The quantitative estimate of drug-likeness (QED) is 0.452. The van der Waals surface area contributed by atoms with Gasteiger partial charge in [0.2, 0.25) is 16.3 Å². The molecule has 0 aliphatic heterocycles. The van der Waals surface area contributed by atoms with Gasteiger partial charge in [0.1, 0.15) is 16.6 Å². The largest absolute Gasteiger partial charge is 0.360 e. The van der Waals surface area contributed by atoms with Crippen LogP contribution in [-0.4, -0.2) is 19.9 Å². The van der Waals surface area contributed by atoms with Gasteiger partial charge in [0.25, 0.3) is 0 Å². The highest BCUT2D eigenvalue weighted by atomic mass is 16.1. The normalized spacial score (nSPS) is 10.3. The highest BCUT2D eigenvalue weighted by molar-refractivity contribution is 5.73. The summed E-state index contributed by atoms with van der Waals surface area (Å²) in [6, 6.07) is 7.83. The molecule has 0 radical (unpaired) electrons. The highest BCUT2D eigenvalue weighted by Crippen LogP contribution is 1.99. The second-order valence-corrected chi connectivity index (χ2v) is 4.68. The molecule has 4 aromatic rings. The van der Waals surface area contributed by atoms with Gasteiger partial charge in [-0.3, -0.25) is 19.4 Å². The Morgan fingerprint density at radius 2 is 1.26 bits per heavy atom. The smallest absolute Gasteiger partial charge is 0.207 e. The predicted molar refractivity (Wildman–Crippen MR) is 87.6 cm³/mol. The first-order valence-electron chi connectivity index (χ1n) is 6.78. The maximum absolute atomic E-state index is 11.1. The first kappa shape index (κ1) is 14.5. The van der Waals surface area contributed by atoms with Crippen molar-refractivity contribution in [3.8, 4) is 0 Å². The van der Waals surface area contributed by atoms with Gasteiger partial charge in [-0.05, 0) is 12.1 Å². The van der Waals surface area contributed by atoms with Crippen LogP contribution in [0, 0.1) is 0 Å². The fourth-order valence-electron chi connectivity index (χ4n) is 2.11. The second kappa shape index (κ2) is 6.10. The molecule has 0 bridgehead atoms. The van der Waals surface area contributed by atoms with Gasteiger partial charge in [0.05, 0.1) is 5.52 Å². The van der Waals surface area contributed by atoms with E-state index in [1.54, 1.807) is 18.5 Å². The summed E-state index contributed by atoms with van der Waals surface area (Å²) < 4.78 is 0. The van der Waals surface area contributed by atoms with Crippen molar-refractivity contribution >= 4 is 22.1 Å². The zero-order chi connectivity index (χ0) is 16.2. The molecule has 23 heavy (non-hydrogen) atoms. The molecule has 7 heteroatoms. The molecule has 0 aromatic carbocycles. The third-order valence-electron chi connectivity index (χ3n) is 3.18. The summed E-state index contributed by atoms with van der Waals surface area (Å²) in [5.41, 5.74) is 1.52. The summed E-state index contributed by atoms with van der Waals surface area (Å²) >= 11 is 0. The zero-order valence-corrected chi connectivity index (χ0v) is 11.9. The van der Waals surface area contributed by atoms with Crippen molar-refractivity contribution in [1.29, 1.82) is 0 Å². The van der Waals surface area contributed by atoms with Crippen LogP contribution in [0.25, 0.3) is 22.1 Å². The van der Waals surface area contributed by atoms with Gasteiger partial charge in [-0.2, -0.15) is 0 Å². The van der Waals surface area contributed by atoms with Crippen LogP contribution in [0.3, 0.4) is 0 Å². The van der Waals surface area contributed by atoms with Crippen LogP contribution in [0.15, 0.2) is 69.5 Å². The van der Waals surface area contributed by atoms with E-state index in [0.717, 1.165) is 5.52 Å². The van der Waals surface area contributed by atoms with Crippen LogP contribution < -0.4 is 16.3 Å². The number of hydrogen-bond acceptors (Lipinski definition) is 4. The molecule has 0 aliphatic rings.